The standard InChI is InChI=1S/C22H23N5O/c23-21-24-12-15(13-25-21)19-11-17(16-5-1-2-6-18(16)26-19)20(28)27-10-9-22(14-27)7-3-4-8-22/h1-2,5-6,11-13H,3-4,7-10,14H2,(H2,23,24,25). The van der Waals surface area contributed by atoms with Crippen LogP contribution in [0.3, 0.4) is 0 Å². The number of aromatic nitrogens is 3. The van der Waals surface area contributed by atoms with E-state index in [2.05, 4.69) is 9.97 Å². The van der Waals surface area contributed by atoms with E-state index in [4.69, 9.17) is 10.7 Å². The van der Waals surface area contributed by atoms with Gasteiger partial charge in [0, 0.05) is 36.4 Å². The highest BCUT2D eigenvalue weighted by Crippen LogP contribution is 2.45. The fraction of sp³-hybridized carbons (Fsp3) is 0.364. The molecule has 1 saturated carbocycles. The third-order valence-electron chi connectivity index (χ3n) is 6.30. The molecule has 6 nitrogen and oxygen atoms in total. The Bertz CT molecular complexity index is 1040. The van der Waals surface area contributed by atoms with E-state index in [1.165, 1.54) is 25.7 Å². The van der Waals surface area contributed by atoms with Gasteiger partial charge in [0.25, 0.3) is 5.91 Å². The molecule has 5 rings (SSSR count). The van der Waals surface area contributed by atoms with Gasteiger partial charge < -0.3 is 10.6 Å². The van der Waals surface area contributed by atoms with Crippen molar-refractivity contribution in [1.82, 2.24) is 19.9 Å². The Morgan fingerprint density at radius 3 is 2.61 bits per heavy atom. The minimum Gasteiger partial charge on any atom is -0.368 e. The van der Waals surface area contributed by atoms with E-state index in [1.807, 2.05) is 35.2 Å². The number of hydrogen-bond donors (Lipinski definition) is 1. The van der Waals surface area contributed by atoms with Gasteiger partial charge >= 0.3 is 0 Å². The number of nitrogen functional groups attached to an aromatic ring is 1. The van der Waals surface area contributed by atoms with E-state index in [-0.39, 0.29) is 11.9 Å². The number of carbonyl (C=O) groups is 1. The van der Waals surface area contributed by atoms with Gasteiger partial charge in [0.1, 0.15) is 0 Å². The van der Waals surface area contributed by atoms with Crippen LogP contribution < -0.4 is 5.73 Å². The minimum atomic E-state index is 0.0972. The first-order valence-electron chi connectivity index (χ1n) is 9.91. The van der Waals surface area contributed by atoms with Gasteiger partial charge in [0.05, 0.1) is 16.8 Å². The topological polar surface area (TPSA) is 85.0 Å². The molecule has 1 aromatic carbocycles. The van der Waals surface area contributed by atoms with Crippen LogP contribution in [0, 0.1) is 5.41 Å². The molecule has 28 heavy (non-hydrogen) atoms. The van der Waals surface area contributed by atoms with E-state index in [0.29, 0.717) is 16.7 Å². The first kappa shape index (κ1) is 17.1. The molecule has 0 radical (unpaired) electrons. The average molecular weight is 373 g/mol. The molecule has 6 heteroatoms. The number of carbonyl (C=O) groups excluding carboxylic acids is 1. The fourth-order valence-electron chi connectivity index (χ4n) is 4.78. The molecule has 0 atom stereocenters. The van der Waals surface area contributed by atoms with Crippen LogP contribution in [0.1, 0.15) is 42.5 Å². The quantitative estimate of drug-likeness (QED) is 0.741. The monoisotopic (exact) mass is 373 g/mol. The van der Waals surface area contributed by atoms with Crippen LogP contribution in [0.5, 0.6) is 0 Å². The molecular weight excluding hydrogens is 350 g/mol. The summed E-state index contributed by atoms with van der Waals surface area (Å²) < 4.78 is 0. The third kappa shape index (κ3) is 2.89. The Morgan fingerprint density at radius 2 is 1.82 bits per heavy atom. The SMILES string of the molecule is Nc1ncc(-c2cc(C(=O)N3CCC4(CCCC4)C3)c3ccccc3n2)cn1. The average Bonchev–Trinajstić information content (AvgIpc) is 3.37. The predicted octanol–water partition coefficient (Wildman–Crippen LogP) is 3.68. The van der Waals surface area contributed by atoms with E-state index < -0.39 is 0 Å². The lowest BCUT2D eigenvalue weighted by Gasteiger charge is -2.24. The van der Waals surface area contributed by atoms with Crippen molar-refractivity contribution in [1.29, 1.82) is 0 Å². The number of amides is 1. The van der Waals surface area contributed by atoms with E-state index in [9.17, 15) is 4.79 Å². The molecule has 2 aliphatic rings. The van der Waals surface area contributed by atoms with Crippen LogP contribution >= 0.6 is 0 Å². The summed E-state index contributed by atoms with van der Waals surface area (Å²) in [5, 5.41) is 0.889. The van der Waals surface area contributed by atoms with E-state index in [1.54, 1.807) is 12.4 Å². The molecule has 142 valence electrons. The lowest BCUT2D eigenvalue weighted by atomic mass is 9.86. The highest BCUT2D eigenvalue weighted by molar-refractivity contribution is 6.07. The van der Waals surface area contributed by atoms with Gasteiger partial charge in [-0.15, -0.1) is 0 Å². The Kier molecular flexibility index (Phi) is 4.00. The first-order chi connectivity index (χ1) is 13.6. The van der Waals surface area contributed by atoms with Gasteiger partial charge in [-0.2, -0.15) is 0 Å². The van der Waals surface area contributed by atoms with Gasteiger partial charge in [-0.3, -0.25) is 4.79 Å². The van der Waals surface area contributed by atoms with Gasteiger partial charge in [-0.1, -0.05) is 31.0 Å². The molecular formula is C22H23N5O. The zero-order chi connectivity index (χ0) is 19.1. The zero-order valence-corrected chi connectivity index (χ0v) is 15.8. The number of hydrogen-bond acceptors (Lipinski definition) is 5. The Balaban J connectivity index is 1.56. The van der Waals surface area contributed by atoms with Crippen molar-refractivity contribution < 1.29 is 4.79 Å². The summed E-state index contributed by atoms with van der Waals surface area (Å²) >= 11 is 0. The molecule has 3 heterocycles. The van der Waals surface area contributed by atoms with E-state index in [0.717, 1.165) is 36.0 Å². The number of benzene rings is 1. The van der Waals surface area contributed by atoms with Crippen molar-refractivity contribution in [2.75, 3.05) is 18.8 Å². The van der Waals surface area contributed by atoms with Crippen LogP contribution in [0.4, 0.5) is 5.95 Å². The molecule has 3 aromatic rings. The molecule has 1 saturated heterocycles. The summed E-state index contributed by atoms with van der Waals surface area (Å²) in [6.07, 6.45) is 9.52. The maximum absolute atomic E-state index is 13.5. The minimum absolute atomic E-state index is 0.0972. The molecule has 2 aromatic heterocycles. The maximum Gasteiger partial charge on any atom is 0.254 e. The van der Waals surface area contributed by atoms with E-state index >= 15 is 0 Å². The van der Waals surface area contributed by atoms with Gasteiger partial charge in [-0.25, -0.2) is 15.0 Å². The van der Waals surface area contributed by atoms with Crippen LogP contribution in [-0.2, 0) is 0 Å². The third-order valence-corrected chi connectivity index (χ3v) is 6.30. The normalized spacial score (nSPS) is 18.2. The zero-order valence-electron chi connectivity index (χ0n) is 15.8. The van der Waals surface area contributed by atoms with Crippen LogP contribution in [0.2, 0.25) is 0 Å². The van der Waals surface area contributed by atoms with Crippen LogP contribution in [0.25, 0.3) is 22.2 Å². The van der Waals surface area contributed by atoms with Crippen LogP contribution in [-0.4, -0.2) is 38.8 Å². The number of likely N-dealkylation sites (tertiary alicyclic amines) is 1. The lowest BCUT2D eigenvalue weighted by Crippen LogP contribution is -2.31. The van der Waals surface area contributed by atoms with Crippen molar-refractivity contribution in [3.05, 3.63) is 48.3 Å². The predicted molar refractivity (Wildman–Crippen MR) is 109 cm³/mol. The summed E-state index contributed by atoms with van der Waals surface area (Å²) in [5.41, 5.74) is 8.91. The summed E-state index contributed by atoms with van der Waals surface area (Å²) in [6, 6.07) is 9.68. The molecule has 1 amide bonds. The summed E-state index contributed by atoms with van der Waals surface area (Å²) in [7, 11) is 0. The summed E-state index contributed by atoms with van der Waals surface area (Å²) in [5.74, 6) is 0.319. The van der Waals surface area contributed by atoms with Crippen molar-refractivity contribution >= 4 is 22.8 Å². The number of nitrogens with zero attached hydrogens (tertiary/aromatic N) is 4. The molecule has 1 aliphatic carbocycles. The Hall–Kier alpha value is -3.02. The highest BCUT2D eigenvalue weighted by Gasteiger charge is 2.42. The number of pyridine rings is 1. The fourth-order valence-corrected chi connectivity index (χ4v) is 4.78. The number of anilines is 1. The molecule has 1 aliphatic heterocycles. The van der Waals surface area contributed by atoms with Crippen LogP contribution in [0.15, 0.2) is 42.7 Å². The molecule has 0 unspecified atom stereocenters. The second kappa shape index (κ2) is 6.55. The second-order valence-electron chi connectivity index (χ2n) is 8.09. The largest absolute Gasteiger partial charge is 0.368 e. The highest BCUT2D eigenvalue weighted by atomic mass is 16.2. The summed E-state index contributed by atoms with van der Waals surface area (Å²) in [4.78, 5) is 28.4. The number of rotatable bonds is 2. The van der Waals surface area contributed by atoms with Gasteiger partial charge in [-0.05, 0) is 36.8 Å². The van der Waals surface area contributed by atoms with Crippen molar-refractivity contribution in [2.24, 2.45) is 5.41 Å². The van der Waals surface area contributed by atoms with Crippen molar-refractivity contribution in [3.63, 3.8) is 0 Å². The number of para-hydroxylation sites is 1. The first-order valence-corrected chi connectivity index (χ1v) is 9.91. The smallest absolute Gasteiger partial charge is 0.254 e. The number of nitrogens with two attached hydrogens (primary N) is 1. The second-order valence-corrected chi connectivity index (χ2v) is 8.09. The Morgan fingerprint density at radius 1 is 1.07 bits per heavy atom. The molecule has 2 N–H and O–H groups in total. The molecule has 0 bridgehead atoms. The summed E-state index contributed by atoms with van der Waals surface area (Å²) in [6.45, 7) is 1.72. The van der Waals surface area contributed by atoms with Crippen molar-refractivity contribution in [2.45, 2.75) is 32.1 Å². The maximum atomic E-state index is 13.5. The van der Waals surface area contributed by atoms with Gasteiger partial charge in [0.2, 0.25) is 5.95 Å². The number of fused-ring (bicyclic) bond motifs is 1. The Labute approximate surface area is 163 Å². The van der Waals surface area contributed by atoms with Gasteiger partial charge in [0.15, 0.2) is 0 Å². The lowest BCUT2D eigenvalue weighted by molar-refractivity contribution is 0.0775. The molecule has 2 fully saturated rings. The molecule has 1 spiro atoms. The van der Waals surface area contributed by atoms with Crippen molar-refractivity contribution in [3.8, 4) is 11.3 Å².